The number of thiol groups is 1. The van der Waals surface area contributed by atoms with Crippen molar-refractivity contribution in [1.29, 1.82) is 0 Å². The van der Waals surface area contributed by atoms with E-state index in [4.69, 9.17) is 17.0 Å². The summed E-state index contributed by atoms with van der Waals surface area (Å²) in [6, 6.07) is 0. The maximum atomic E-state index is 6.20. The first-order valence-corrected chi connectivity index (χ1v) is 7.83. The van der Waals surface area contributed by atoms with E-state index < -0.39 is 0 Å². The largest absolute Gasteiger partial charge is 0.459 e. The molecule has 0 amide bonds. The quantitative estimate of drug-likeness (QED) is 0.508. The third-order valence-corrected chi connectivity index (χ3v) is 4.97. The van der Waals surface area contributed by atoms with Crippen molar-refractivity contribution in [2.24, 2.45) is 0 Å². The average molecular weight is 302 g/mol. The van der Waals surface area contributed by atoms with Crippen LogP contribution in [0, 0.1) is 0 Å². The SMILES string of the molecule is CC1=Cc2oc3c(c2C(C)C(P)=C1)C=CC=CC3(C)S. The molecule has 0 saturated carbocycles. The Bertz CT molecular complexity index is 686. The van der Waals surface area contributed by atoms with E-state index in [0.29, 0.717) is 5.92 Å². The Morgan fingerprint density at radius 3 is 2.80 bits per heavy atom. The lowest BCUT2D eigenvalue weighted by molar-refractivity contribution is 0.477. The second-order valence-corrected chi connectivity index (χ2v) is 7.34. The van der Waals surface area contributed by atoms with Crippen LogP contribution < -0.4 is 0 Å². The zero-order valence-corrected chi connectivity index (χ0v) is 14.0. The van der Waals surface area contributed by atoms with Crippen LogP contribution in [0.3, 0.4) is 0 Å². The Balaban J connectivity index is 2.30. The topological polar surface area (TPSA) is 13.1 Å². The Morgan fingerprint density at radius 2 is 2.05 bits per heavy atom. The van der Waals surface area contributed by atoms with Gasteiger partial charge in [-0.2, -0.15) is 12.6 Å². The summed E-state index contributed by atoms with van der Waals surface area (Å²) < 4.78 is 5.82. The van der Waals surface area contributed by atoms with Gasteiger partial charge in [0.15, 0.2) is 0 Å². The molecule has 0 N–H and O–H groups in total. The predicted octanol–water partition coefficient (Wildman–Crippen LogP) is 5.29. The van der Waals surface area contributed by atoms with Crippen molar-refractivity contribution in [3.8, 4) is 0 Å². The van der Waals surface area contributed by atoms with E-state index in [1.54, 1.807) is 0 Å². The molecule has 104 valence electrons. The molecule has 0 aromatic carbocycles. The smallest absolute Gasteiger partial charge is 0.131 e. The first-order valence-electron chi connectivity index (χ1n) is 6.81. The summed E-state index contributed by atoms with van der Waals surface area (Å²) in [7, 11) is 2.86. The molecule has 1 aromatic heterocycles. The standard InChI is InChI=1S/C17H19OPS/c1-10-8-13-15(11(2)14(19)9-10)12-6-4-5-7-17(3,20)16(12)18-13/h4-9,11,20H,19H2,1-3H3. The highest BCUT2D eigenvalue weighted by Gasteiger charge is 2.32. The van der Waals surface area contributed by atoms with Crippen LogP contribution in [-0.4, -0.2) is 0 Å². The maximum Gasteiger partial charge on any atom is 0.131 e. The van der Waals surface area contributed by atoms with Crippen LogP contribution in [0.25, 0.3) is 12.2 Å². The Hall–Kier alpha value is -0.980. The summed E-state index contributed by atoms with van der Waals surface area (Å²) in [5, 5.41) is 1.28. The highest BCUT2D eigenvalue weighted by molar-refractivity contribution is 7.81. The van der Waals surface area contributed by atoms with E-state index >= 15 is 0 Å². The lowest BCUT2D eigenvalue weighted by atomic mass is 9.93. The van der Waals surface area contributed by atoms with Gasteiger partial charge in [0.1, 0.15) is 11.5 Å². The van der Waals surface area contributed by atoms with Gasteiger partial charge in [0.25, 0.3) is 0 Å². The normalized spacial score (nSPS) is 28.1. The first kappa shape index (κ1) is 14.0. The van der Waals surface area contributed by atoms with Gasteiger partial charge >= 0.3 is 0 Å². The van der Waals surface area contributed by atoms with Gasteiger partial charge in [-0.15, -0.1) is 9.24 Å². The van der Waals surface area contributed by atoms with Crippen LogP contribution in [0.15, 0.2) is 39.6 Å². The van der Waals surface area contributed by atoms with Crippen molar-refractivity contribution in [1.82, 2.24) is 0 Å². The number of allylic oxidation sites excluding steroid dienone is 5. The van der Waals surface area contributed by atoms with Crippen molar-refractivity contribution in [2.75, 3.05) is 0 Å². The van der Waals surface area contributed by atoms with Gasteiger partial charge in [-0.1, -0.05) is 37.3 Å². The highest BCUT2D eigenvalue weighted by atomic mass is 32.1. The number of rotatable bonds is 0. The molecular formula is C17H19OPS. The van der Waals surface area contributed by atoms with Crippen molar-refractivity contribution in [3.63, 3.8) is 0 Å². The summed E-state index contributed by atoms with van der Waals surface area (Å²) >= 11 is 4.77. The molecule has 0 bridgehead atoms. The van der Waals surface area contributed by atoms with Crippen LogP contribution in [0.5, 0.6) is 0 Å². The minimum absolute atomic E-state index is 0.322. The molecule has 0 saturated heterocycles. The molecule has 1 heterocycles. The minimum Gasteiger partial charge on any atom is -0.459 e. The third kappa shape index (κ3) is 2.16. The molecule has 0 fully saturated rings. The van der Waals surface area contributed by atoms with Crippen molar-refractivity contribution in [2.45, 2.75) is 31.4 Å². The molecule has 3 rings (SSSR count). The fraction of sp³-hybridized carbons (Fsp3) is 0.294. The van der Waals surface area contributed by atoms with Crippen LogP contribution in [0.1, 0.15) is 49.3 Å². The van der Waals surface area contributed by atoms with Crippen LogP contribution in [0.2, 0.25) is 0 Å². The van der Waals surface area contributed by atoms with Gasteiger partial charge in [-0.25, -0.2) is 0 Å². The number of furan rings is 1. The molecule has 2 aliphatic rings. The molecule has 3 heteroatoms. The van der Waals surface area contributed by atoms with E-state index in [1.165, 1.54) is 22.0 Å². The molecule has 2 aliphatic carbocycles. The van der Waals surface area contributed by atoms with Crippen molar-refractivity contribution in [3.05, 3.63) is 57.8 Å². The molecule has 3 unspecified atom stereocenters. The molecule has 0 radical (unpaired) electrons. The maximum absolute atomic E-state index is 6.20. The molecular weight excluding hydrogens is 283 g/mol. The molecule has 0 aliphatic heterocycles. The number of hydrogen-bond acceptors (Lipinski definition) is 2. The van der Waals surface area contributed by atoms with Crippen LogP contribution >= 0.6 is 21.9 Å². The Kier molecular flexibility index (Phi) is 3.35. The Morgan fingerprint density at radius 1 is 1.30 bits per heavy atom. The van der Waals surface area contributed by atoms with Crippen LogP contribution in [0.4, 0.5) is 0 Å². The van der Waals surface area contributed by atoms with Gasteiger partial charge in [-0.05, 0) is 30.8 Å². The van der Waals surface area contributed by atoms with E-state index in [9.17, 15) is 0 Å². The Labute approximate surface area is 128 Å². The summed E-state index contributed by atoms with van der Waals surface area (Å²) in [6.45, 7) is 6.40. The zero-order chi connectivity index (χ0) is 14.5. The third-order valence-electron chi connectivity index (χ3n) is 3.95. The van der Waals surface area contributed by atoms with Crippen molar-refractivity contribution < 1.29 is 4.42 Å². The van der Waals surface area contributed by atoms with Gasteiger partial charge in [0.2, 0.25) is 0 Å². The predicted molar refractivity (Wildman–Crippen MR) is 93.1 cm³/mol. The second kappa shape index (κ2) is 4.79. The summed E-state index contributed by atoms with van der Waals surface area (Å²) in [6.07, 6.45) is 12.6. The molecule has 20 heavy (non-hydrogen) atoms. The lowest BCUT2D eigenvalue weighted by Crippen LogP contribution is -2.10. The number of hydrogen-bond donors (Lipinski definition) is 1. The van der Waals surface area contributed by atoms with E-state index in [-0.39, 0.29) is 4.75 Å². The average Bonchev–Trinajstić information content (AvgIpc) is 2.59. The van der Waals surface area contributed by atoms with Gasteiger partial charge in [-0.3, -0.25) is 0 Å². The van der Waals surface area contributed by atoms with E-state index in [0.717, 1.165) is 11.5 Å². The lowest BCUT2D eigenvalue weighted by Gasteiger charge is -2.17. The second-order valence-electron chi connectivity index (χ2n) is 5.74. The fourth-order valence-electron chi connectivity index (χ4n) is 2.84. The molecule has 1 nitrogen and oxygen atoms in total. The fourth-order valence-corrected chi connectivity index (χ4v) is 3.53. The van der Waals surface area contributed by atoms with Gasteiger partial charge < -0.3 is 4.42 Å². The summed E-state index contributed by atoms with van der Waals surface area (Å²) in [5.74, 6) is 2.23. The first-order chi connectivity index (χ1) is 9.40. The zero-order valence-electron chi connectivity index (χ0n) is 12.0. The highest BCUT2D eigenvalue weighted by Crippen LogP contribution is 2.45. The van der Waals surface area contributed by atoms with Crippen molar-refractivity contribution >= 4 is 34.0 Å². The minimum atomic E-state index is -0.378. The van der Waals surface area contributed by atoms with Crippen LogP contribution in [-0.2, 0) is 4.75 Å². The van der Waals surface area contributed by atoms with E-state index in [1.807, 2.05) is 6.08 Å². The number of fused-ring (bicyclic) bond motifs is 3. The molecule has 0 spiro atoms. The molecule has 3 atom stereocenters. The monoisotopic (exact) mass is 302 g/mol. The van der Waals surface area contributed by atoms with E-state index in [2.05, 4.69) is 60.4 Å². The van der Waals surface area contributed by atoms with Gasteiger partial charge in [0.05, 0.1) is 4.75 Å². The summed E-state index contributed by atoms with van der Waals surface area (Å²) in [5.41, 5.74) is 3.65. The molecule has 1 aromatic rings. The van der Waals surface area contributed by atoms with Gasteiger partial charge in [0, 0.05) is 17.0 Å². The summed E-state index contributed by atoms with van der Waals surface area (Å²) in [4.78, 5) is 0.